The third-order valence-electron chi connectivity index (χ3n) is 5.02. The topological polar surface area (TPSA) is 73.1 Å². The van der Waals surface area contributed by atoms with Gasteiger partial charge >= 0.3 is 0 Å². The van der Waals surface area contributed by atoms with E-state index in [4.69, 9.17) is 4.74 Å². The summed E-state index contributed by atoms with van der Waals surface area (Å²) in [6.45, 7) is 2.00. The molecule has 1 unspecified atom stereocenters. The molecule has 1 amide bonds. The van der Waals surface area contributed by atoms with Gasteiger partial charge in [-0.05, 0) is 36.3 Å². The molecule has 1 aliphatic carbocycles. The minimum atomic E-state index is -0.0786. The number of amides is 1. The van der Waals surface area contributed by atoms with Gasteiger partial charge in [0.05, 0.1) is 24.9 Å². The van der Waals surface area contributed by atoms with Crippen molar-refractivity contribution >= 4 is 17.7 Å². The number of nitrogens with zero attached hydrogens (tertiary/aromatic N) is 5. The van der Waals surface area contributed by atoms with E-state index >= 15 is 0 Å². The largest absolute Gasteiger partial charge is 0.496 e. The SMILES string of the molecule is COc1ccccc1C(C)N(C)C(=O)CSc1nnnn1C1CCCC1. The van der Waals surface area contributed by atoms with Crippen LogP contribution in [0.4, 0.5) is 0 Å². The highest BCUT2D eigenvalue weighted by atomic mass is 32.2. The van der Waals surface area contributed by atoms with Gasteiger partial charge in [-0.3, -0.25) is 4.79 Å². The standard InChI is InChI=1S/C18H25N5O2S/c1-13(15-10-6-7-11-16(15)25-3)22(2)17(24)12-26-18-19-20-21-23(18)14-8-4-5-9-14/h6-7,10-11,13-14H,4-5,8-9,12H2,1-3H3. The Bertz CT molecular complexity index is 745. The Labute approximate surface area is 158 Å². The second-order valence-corrected chi connectivity index (χ2v) is 7.50. The lowest BCUT2D eigenvalue weighted by atomic mass is 10.1. The molecule has 1 heterocycles. The van der Waals surface area contributed by atoms with Gasteiger partial charge in [0.15, 0.2) is 0 Å². The van der Waals surface area contributed by atoms with Gasteiger partial charge in [-0.1, -0.05) is 42.8 Å². The lowest BCUT2D eigenvalue weighted by Crippen LogP contribution is -2.31. The van der Waals surface area contributed by atoms with Crippen LogP contribution >= 0.6 is 11.8 Å². The first-order chi connectivity index (χ1) is 12.6. The molecule has 1 aromatic heterocycles. The van der Waals surface area contributed by atoms with E-state index in [1.165, 1.54) is 24.6 Å². The Morgan fingerprint density at radius 3 is 2.85 bits per heavy atom. The van der Waals surface area contributed by atoms with Gasteiger partial charge in [0.2, 0.25) is 11.1 Å². The normalized spacial score (nSPS) is 15.8. The van der Waals surface area contributed by atoms with Crippen molar-refractivity contribution < 1.29 is 9.53 Å². The van der Waals surface area contributed by atoms with Crippen molar-refractivity contribution in [3.05, 3.63) is 29.8 Å². The lowest BCUT2D eigenvalue weighted by molar-refractivity contribution is -0.128. The van der Waals surface area contributed by atoms with Gasteiger partial charge in [0.1, 0.15) is 5.75 Å². The van der Waals surface area contributed by atoms with Crippen molar-refractivity contribution in [3.8, 4) is 5.75 Å². The van der Waals surface area contributed by atoms with E-state index in [1.807, 2.05) is 42.9 Å². The van der Waals surface area contributed by atoms with Gasteiger partial charge in [0, 0.05) is 12.6 Å². The lowest BCUT2D eigenvalue weighted by Gasteiger charge is -2.26. The molecule has 1 aliphatic rings. The molecule has 3 rings (SSSR count). The summed E-state index contributed by atoms with van der Waals surface area (Å²) in [6.07, 6.45) is 4.65. The number of rotatable bonds is 7. The molecule has 7 nitrogen and oxygen atoms in total. The van der Waals surface area contributed by atoms with Crippen LogP contribution in [0.25, 0.3) is 0 Å². The fraction of sp³-hybridized carbons (Fsp3) is 0.556. The Balaban J connectivity index is 1.62. The highest BCUT2D eigenvalue weighted by Gasteiger charge is 2.24. The maximum atomic E-state index is 12.7. The highest BCUT2D eigenvalue weighted by molar-refractivity contribution is 7.99. The summed E-state index contributed by atoms with van der Waals surface area (Å²) in [5, 5.41) is 12.7. The van der Waals surface area contributed by atoms with Crippen LogP contribution < -0.4 is 4.74 Å². The van der Waals surface area contributed by atoms with E-state index < -0.39 is 0 Å². The van der Waals surface area contributed by atoms with Gasteiger partial charge < -0.3 is 9.64 Å². The van der Waals surface area contributed by atoms with E-state index in [-0.39, 0.29) is 11.9 Å². The minimum absolute atomic E-state index is 0.0365. The number of aromatic nitrogens is 4. The molecule has 26 heavy (non-hydrogen) atoms. The molecular formula is C18H25N5O2S. The number of carbonyl (C=O) groups excluding carboxylic acids is 1. The van der Waals surface area contributed by atoms with Crippen LogP contribution in [-0.4, -0.2) is 50.9 Å². The molecule has 8 heteroatoms. The number of methoxy groups -OCH3 is 1. The molecule has 0 radical (unpaired) electrons. The average Bonchev–Trinajstić information content (AvgIpc) is 3.35. The van der Waals surface area contributed by atoms with Crippen LogP contribution in [0.2, 0.25) is 0 Å². The maximum Gasteiger partial charge on any atom is 0.233 e. The van der Waals surface area contributed by atoms with Gasteiger partial charge in [-0.2, -0.15) is 0 Å². The van der Waals surface area contributed by atoms with E-state index in [0.717, 1.165) is 29.3 Å². The zero-order valence-electron chi connectivity index (χ0n) is 15.5. The minimum Gasteiger partial charge on any atom is -0.496 e. The molecule has 1 atom stereocenters. The predicted octanol–water partition coefficient (Wildman–Crippen LogP) is 3.11. The van der Waals surface area contributed by atoms with Crippen LogP contribution in [0.5, 0.6) is 5.75 Å². The van der Waals surface area contributed by atoms with Crippen LogP contribution in [-0.2, 0) is 4.79 Å². The van der Waals surface area contributed by atoms with E-state index in [1.54, 1.807) is 12.0 Å². The average molecular weight is 375 g/mol. The van der Waals surface area contributed by atoms with Gasteiger partial charge in [-0.15, -0.1) is 5.10 Å². The summed E-state index contributed by atoms with van der Waals surface area (Å²) in [4.78, 5) is 14.4. The zero-order chi connectivity index (χ0) is 18.5. The highest BCUT2D eigenvalue weighted by Crippen LogP contribution is 2.32. The quantitative estimate of drug-likeness (QED) is 0.693. The fourth-order valence-electron chi connectivity index (χ4n) is 3.32. The third-order valence-corrected chi connectivity index (χ3v) is 5.94. The Kier molecular flexibility index (Phi) is 6.13. The molecule has 2 aromatic rings. The van der Waals surface area contributed by atoms with Gasteiger partial charge in [0.25, 0.3) is 0 Å². The Hall–Kier alpha value is -2.09. The van der Waals surface area contributed by atoms with Crippen molar-refractivity contribution in [1.29, 1.82) is 0 Å². The number of carbonyl (C=O) groups is 1. The number of hydrogen-bond donors (Lipinski definition) is 0. The monoisotopic (exact) mass is 375 g/mol. The van der Waals surface area contributed by atoms with E-state index in [0.29, 0.717) is 11.8 Å². The second kappa shape index (κ2) is 8.53. The van der Waals surface area contributed by atoms with Crippen molar-refractivity contribution in [3.63, 3.8) is 0 Å². The molecule has 0 aliphatic heterocycles. The van der Waals surface area contributed by atoms with Gasteiger partial charge in [-0.25, -0.2) is 4.68 Å². The van der Waals surface area contributed by atoms with Crippen LogP contribution in [0, 0.1) is 0 Å². The van der Waals surface area contributed by atoms with Crippen molar-refractivity contribution in [1.82, 2.24) is 25.1 Å². The molecule has 1 saturated carbocycles. The fourth-order valence-corrected chi connectivity index (χ4v) is 4.19. The number of benzene rings is 1. The number of hydrogen-bond acceptors (Lipinski definition) is 6. The van der Waals surface area contributed by atoms with Crippen molar-refractivity contribution in [2.24, 2.45) is 0 Å². The molecule has 1 aromatic carbocycles. The Morgan fingerprint density at radius 1 is 1.38 bits per heavy atom. The summed E-state index contributed by atoms with van der Waals surface area (Å²) in [5.74, 6) is 1.13. The number of tetrazole rings is 1. The molecule has 0 bridgehead atoms. The van der Waals surface area contributed by atoms with Crippen molar-refractivity contribution in [2.45, 2.75) is 49.8 Å². The van der Waals surface area contributed by atoms with E-state index in [9.17, 15) is 4.79 Å². The zero-order valence-corrected chi connectivity index (χ0v) is 16.3. The summed E-state index contributed by atoms with van der Waals surface area (Å²) >= 11 is 1.40. The molecule has 1 fully saturated rings. The molecule has 0 N–H and O–H groups in total. The summed E-state index contributed by atoms with van der Waals surface area (Å²) in [6, 6.07) is 8.07. The first-order valence-corrected chi connectivity index (χ1v) is 9.89. The van der Waals surface area contributed by atoms with E-state index in [2.05, 4.69) is 15.5 Å². The molecular weight excluding hydrogens is 350 g/mol. The summed E-state index contributed by atoms with van der Waals surface area (Å²) < 4.78 is 7.30. The summed E-state index contributed by atoms with van der Waals surface area (Å²) in [7, 11) is 3.46. The molecule has 0 saturated heterocycles. The van der Waals surface area contributed by atoms with Crippen LogP contribution in [0.3, 0.4) is 0 Å². The predicted molar refractivity (Wildman–Crippen MR) is 100 cm³/mol. The smallest absolute Gasteiger partial charge is 0.233 e. The number of para-hydroxylation sites is 1. The number of thioether (sulfide) groups is 1. The maximum absolute atomic E-state index is 12.7. The Morgan fingerprint density at radius 2 is 2.12 bits per heavy atom. The third kappa shape index (κ3) is 4.00. The molecule has 0 spiro atoms. The first kappa shape index (κ1) is 18.7. The first-order valence-electron chi connectivity index (χ1n) is 8.91. The van der Waals surface area contributed by atoms with Crippen LogP contribution in [0.1, 0.15) is 50.3 Å². The van der Waals surface area contributed by atoms with Crippen molar-refractivity contribution in [2.75, 3.05) is 19.9 Å². The second-order valence-electron chi connectivity index (χ2n) is 6.56. The molecule has 140 valence electrons. The summed E-state index contributed by atoms with van der Waals surface area (Å²) in [5.41, 5.74) is 0.992. The number of ether oxygens (including phenoxy) is 1. The van der Waals surface area contributed by atoms with Crippen LogP contribution in [0.15, 0.2) is 29.4 Å².